The second-order valence-electron chi connectivity index (χ2n) is 7.19. The number of hydrogen-bond acceptors (Lipinski definition) is 5. The van der Waals surface area contributed by atoms with E-state index in [-0.39, 0.29) is 42.1 Å². The molecular weight excluding hydrogens is 382 g/mol. The molecule has 1 aromatic rings. The van der Waals surface area contributed by atoms with Gasteiger partial charge in [-0.15, -0.1) is 12.4 Å². The van der Waals surface area contributed by atoms with Gasteiger partial charge in [-0.05, 0) is 43.6 Å². The monoisotopic (exact) mass is 413 g/mol. The molecule has 1 saturated heterocycles. The van der Waals surface area contributed by atoms with Crippen LogP contribution in [0.15, 0.2) is 24.3 Å². The Morgan fingerprint density at radius 2 is 1.82 bits per heavy atom. The number of methoxy groups -OCH3 is 2. The Balaban J connectivity index is 0.00000392. The van der Waals surface area contributed by atoms with Gasteiger partial charge < -0.3 is 25.4 Å². The number of benzene rings is 1. The van der Waals surface area contributed by atoms with E-state index in [1.807, 2.05) is 24.3 Å². The fourth-order valence-electron chi connectivity index (χ4n) is 3.51. The van der Waals surface area contributed by atoms with E-state index in [0.717, 1.165) is 37.2 Å². The normalized spacial score (nSPS) is 16.4. The van der Waals surface area contributed by atoms with E-state index in [1.165, 1.54) is 6.92 Å². The molecule has 0 saturated carbocycles. The van der Waals surface area contributed by atoms with E-state index >= 15 is 0 Å². The van der Waals surface area contributed by atoms with Gasteiger partial charge in [0.15, 0.2) is 0 Å². The van der Waals surface area contributed by atoms with E-state index in [0.29, 0.717) is 13.2 Å². The van der Waals surface area contributed by atoms with Crippen molar-refractivity contribution in [2.45, 2.75) is 32.2 Å². The van der Waals surface area contributed by atoms with Crippen molar-refractivity contribution in [3.63, 3.8) is 0 Å². The second-order valence-corrected chi connectivity index (χ2v) is 7.19. The van der Waals surface area contributed by atoms with Gasteiger partial charge in [0.05, 0.1) is 26.2 Å². The molecule has 3 N–H and O–H groups in total. The maximum atomic E-state index is 12.6. The van der Waals surface area contributed by atoms with Crippen LogP contribution in [0.2, 0.25) is 0 Å². The van der Waals surface area contributed by atoms with E-state index < -0.39 is 0 Å². The first-order valence-electron chi connectivity index (χ1n) is 9.35. The van der Waals surface area contributed by atoms with Gasteiger partial charge in [-0.25, -0.2) is 0 Å². The number of hydrogen-bond donors (Lipinski definition) is 3. The van der Waals surface area contributed by atoms with Crippen LogP contribution in [0, 0.1) is 5.41 Å². The number of halogens is 1. The predicted molar refractivity (Wildman–Crippen MR) is 111 cm³/mol. The van der Waals surface area contributed by atoms with Crippen molar-refractivity contribution in [1.82, 2.24) is 16.0 Å². The topological polar surface area (TPSA) is 88.7 Å². The third-order valence-electron chi connectivity index (χ3n) is 5.06. The first kappa shape index (κ1) is 24.2. The molecule has 1 unspecified atom stereocenters. The van der Waals surface area contributed by atoms with Gasteiger partial charge >= 0.3 is 0 Å². The maximum absolute atomic E-state index is 12.6. The molecule has 1 aromatic carbocycles. The molecule has 1 atom stereocenters. The van der Waals surface area contributed by atoms with Crippen molar-refractivity contribution < 1.29 is 19.1 Å². The quantitative estimate of drug-likeness (QED) is 0.574. The lowest BCUT2D eigenvalue weighted by molar-refractivity contribution is -0.123. The van der Waals surface area contributed by atoms with Gasteiger partial charge in [0.1, 0.15) is 5.75 Å². The number of carbonyl (C=O) groups is 2. The van der Waals surface area contributed by atoms with Crippen molar-refractivity contribution in [2.75, 3.05) is 40.5 Å². The summed E-state index contributed by atoms with van der Waals surface area (Å²) in [5.41, 5.74) is 0.842. The molecule has 1 heterocycles. The zero-order chi connectivity index (χ0) is 19.7. The Bertz CT molecular complexity index is 613. The summed E-state index contributed by atoms with van der Waals surface area (Å²) < 4.78 is 10.6. The predicted octanol–water partition coefficient (Wildman–Crippen LogP) is 1.82. The second kappa shape index (κ2) is 11.9. The maximum Gasteiger partial charge on any atom is 0.222 e. The third kappa shape index (κ3) is 7.30. The fraction of sp³-hybridized carbons (Fsp3) is 0.600. The smallest absolute Gasteiger partial charge is 0.222 e. The molecule has 7 nitrogen and oxygen atoms in total. The van der Waals surface area contributed by atoms with Crippen LogP contribution >= 0.6 is 12.4 Å². The summed E-state index contributed by atoms with van der Waals surface area (Å²) in [6, 6.07) is 7.01. The first-order chi connectivity index (χ1) is 13.0. The van der Waals surface area contributed by atoms with Gasteiger partial charge in [-0.3, -0.25) is 9.59 Å². The van der Waals surface area contributed by atoms with Crippen molar-refractivity contribution in [3.05, 3.63) is 29.8 Å². The first-order valence-corrected chi connectivity index (χ1v) is 9.35. The van der Waals surface area contributed by atoms with Crippen LogP contribution < -0.4 is 20.7 Å². The summed E-state index contributed by atoms with van der Waals surface area (Å²) >= 11 is 0. The number of amides is 2. The molecule has 0 aromatic heterocycles. The molecular formula is C20H32ClN3O4. The minimum absolute atomic E-state index is 0. The summed E-state index contributed by atoms with van der Waals surface area (Å²) in [7, 11) is 3.30. The van der Waals surface area contributed by atoms with Crippen molar-refractivity contribution >= 4 is 24.2 Å². The van der Waals surface area contributed by atoms with E-state index in [2.05, 4.69) is 16.0 Å². The lowest BCUT2D eigenvalue weighted by atomic mass is 9.79. The lowest BCUT2D eigenvalue weighted by Gasteiger charge is -2.37. The van der Waals surface area contributed by atoms with Crippen molar-refractivity contribution in [2.24, 2.45) is 5.41 Å². The van der Waals surface area contributed by atoms with E-state index in [4.69, 9.17) is 9.47 Å². The number of nitrogens with one attached hydrogen (secondary N) is 3. The largest absolute Gasteiger partial charge is 0.497 e. The Labute approximate surface area is 173 Å². The molecule has 1 fully saturated rings. The highest BCUT2D eigenvalue weighted by molar-refractivity contribution is 5.85. The minimum atomic E-state index is -0.375. The highest BCUT2D eigenvalue weighted by Gasteiger charge is 2.32. The van der Waals surface area contributed by atoms with Crippen LogP contribution in [0.25, 0.3) is 0 Å². The van der Waals surface area contributed by atoms with E-state index in [1.54, 1.807) is 14.2 Å². The zero-order valence-electron chi connectivity index (χ0n) is 16.9. The molecule has 2 amide bonds. The van der Waals surface area contributed by atoms with Gasteiger partial charge in [-0.1, -0.05) is 12.1 Å². The number of rotatable bonds is 9. The van der Waals surface area contributed by atoms with Gasteiger partial charge in [0, 0.05) is 26.0 Å². The third-order valence-corrected chi connectivity index (χ3v) is 5.06. The zero-order valence-corrected chi connectivity index (χ0v) is 17.7. The summed E-state index contributed by atoms with van der Waals surface area (Å²) in [6.07, 6.45) is 2.12. The average molecular weight is 414 g/mol. The SMILES string of the molecule is COCC1(CNC(=O)CC(NC(C)=O)c2ccc(OC)cc2)CCNCC1.Cl. The lowest BCUT2D eigenvalue weighted by Crippen LogP contribution is -2.47. The van der Waals surface area contributed by atoms with Gasteiger partial charge in [0.2, 0.25) is 11.8 Å². The van der Waals surface area contributed by atoms with Crippen LogP contribution in [-0.4, -0.2) is 52.3 Å². The molecule has 0 bridgehead atoms. The van der Waals surface area contributed by atoms with Crippen molar-refractivity contribution in [1.29, 1.82) is 0 Å². The molecule has 2 rings (SSSR count). The molecule has 28 heavy (non-hydrogen) atoms. The Morgan fingerprint density at radius 1 is 1.18 bits per heavy atom. The van der Waals surface area contributed by atoms with Gasteiger partial charge in [0.25, 0.3) is 0 Å². The highest BCUT2D eigenvalue weighted by atomic mass is 35.5. The van der Waals surface area contributed by atoms with Crippen molar-refractivity contribution in [3.8, 4) is 5.75 Å². The standard InChI is InChI=1S/C20H31N3O4.ClH/c1-15(24)23-18(16-4-6-17(27-3)7-5-16)12-19(25)22-13-20(14-26-2)8-10-21-11-9-20;/h4-7,18,21H,8-14H2,1-3H3,(H,22,25)(H,23,24);1H. The summed E-state index contributed by atoms with van der Waals surface area (Å²) in [6.45, 7) is 4.52. The molecule has 0 radical (unpaired) electrons. The number of carbonyl (C=O) groups excluding carboxylic acids is 2. The Morgan fingerprint density at radius 3 is 2.36 bits per heavy atom. The highest BCUT2D eigenvalue weighted by Crippen LogP contribution is 2.28. The van der Waals surface area contributed by atoms with Gasteiger partial charge in [-0.2, -0.15) is 0 Å². The number of piperidine rings is 1. The van der Waals surface area contributed by atoms with Crippen LogP contribution in [0.1, 0.15) is 37.8 Å². The molecule has 1 aliphatic rings. The minimum Gasteiger partial charge on any atom is -0.497 e. The molecule has 0 aliphatic carbocycles. The molecule has 1 aliphatic heterocycles. The Hall–Kier alpha value is -1.83. The van der Waals surface area contributed by atoms with E-state index in [9.17, 15) is 9.59 Å². The summed E-state index contributed by atoms with van der Waals surface area (Å²) in [5, 5.41) is 9.26. The summed E-state index contributed by atoms with van der Waals surface area (Å²) in [4.78, 5) is 24.2. The summed E-state index contributed by atoms with van der Waals surface area (Å²) in [5.74, 6) is 0.480. The fourth-order valence-corrected chi connectivity index (χ4v) is 3.51. The molecule has 8 heteroatoms. The van der Waals surface area contributed by atoms with Crippen LogP contribution in [0.5, 0.6) is 5.75 Å². The molecule has 0 spiro atoms. The molecule has 158 valence electrons. The van der Waals surface area contributed by atoms with Crippen LogP contribution in [0.3, 0.4) is 0 Å². The Kier molecular flexibility index (Phi) is 10.3. The van der Waals surface area contributed by atoms with Crippen LogP contribution in [0.4, 0.5) is 0 Å². The number of ether oxygens (including phenoxy) is 2. The average Bonchev–Trinajstić information content (AvgIpc) is 2.67. The van der Waals surface area contributed by atoms with Crippen LogP contribution in [-0.2, 0) is 14.3 Å².